The first-order chi connectivity index (χ1) is 16.1. The van der Waals surface area contributed by atoms with Crippen molar-refractivity contribution in [2.45, 2.75) is 18.9 Å². The molecule has 0 aliphatic carbocycles. The molecular weight excluding hydrogens is 438 g/mol. The van der Waals surface area contributed by atoms with Crippen LogP contribution >= 0.6 is 11.3 Å². The molecule has 1 unspecified atom stereocenters. The van der Waals surface area contributed by atoms with Crippen LogP contribution in [-0.2, 0) is 17.6 Å². The molecule has 4 aromatic rings. The zero-order valence-electron chi connectivity index (χ0n) is 18.8. The number of nitrogens with zero attached hydrogens (tertiary/aromatic N) is 1. The highest BCUT2D eigenvalue weighted by molar-refractivity contribution is 7.10. The number of carbonyl (C=O) groups is 1. The number of furan rings is 1. The van der Waals surface area contributed by atoms with Crippen LogP contribution in [0.3, 0.4) is 0 Å². The Labute approximate surface area is 196 Å². The predicted molar refractivity (Wildman–Crippen MR) is 128 cm³/mol. The number of hydrogen-bond donors (Lipinski definition) is 0. The van der Waals surface area contributed by atoms with Gasteiger partial charge in [0.25, 0.3) is 0 Å². The van der Waals surface area contributed by atoms with Crippen LogP contribution in [0, 0.1) is 0 Å². The highest BCUT2D eigenvalue weighted by Gasteiger charge is 2.34. The Hall–Kier alpha value is -3.45. The summed E-state index contributed by atoms with van der Waals surface area (Å²) in [6.07, 6.45) is 2.70. The highest BCUT2D eigenvalue weighted by atomic mass is 32.1. The number of methoxy groups -OCH3 is 3. The lowest BCUT2D eigenvalue weighted by Crippen LogP contribution is -2.41. The summed E-state index contributed by atoms with van der Waals surface area (Å²) in [6, 6.07) is 13.7. The second kappa shape index (κ2) is 8.83. The molecule has 1 atom stereocenters. The number of fused-ring (bicyclic) bond motifs is 2. The summed E-state index contributed by atoms with van der Waals surface area (Å²) in [5.41, 5.74) is 3.85. The van der Waals surface area contributed by atoms with Crippen molar-refractivity contribution in [1.82, 2.24) is 4.90 Å². The smallest absolute Gasteiger partial charge is 0.227 e. The van der Waals surface area contributed by atoms with Crippen molar-refractivity contribution < 1.29 is 23.4 Å². The van der Waals surface area contributed by atoms with Gasteiger partial charge in [-0.15, -0.1) is 11.3 Å². The van der Waals surface area contributed by atoms with Crippen LogP contribution < -0.4 is 14.2 Å². The van der Waals surface area contributed by atoms with E-state index in [1.54, 1.807) is 38.9 Å². The summed E-state index contributed by atoms with van der Waals surface area (Å²) in [4.78, 5) is 16.7. The molecule has 6 nitrogen and oxygen atoms in total. The quantitative estimate of drug-likeness (QED) is 0.392. The van der Waals surface area contributed by atoms with Crippen molar-refractivity contribution in [2.75, 3.05) is 27.9 Å². The molecule has 170 valence electrons. The van der Waals surface area contributed by atoms with Crippen LogP contribution in [0.4, 0.5) is 0 Å². The van der Waals surface area contributed by atoms with E-state index in [1.807, 2.05) is 46.7 Å². The maximum atomic E-state index is 13.6. The minimum atomic E-state index is -0.167. The Balaban J connectivity index is 1.50. The van der Waals surface area contributed by atoms with Crippen LogP contribution in [0.1, 0.15) is 27.6 Å². The molecule has 0 N–H and O–H groups in total. The van der Waals surface area contributed by atoms with Crippen molar-refractivity contribution in [3.05, 3.63) is 75.7 Å². The number of hydrogen-bond acceptors (Lipinski definition) is 6. The lowest BCUT2D eigenvalue weighted by Gasteiger charge is -2.37. The van der Waals surface area contributed by atoms with Gasteiger partial charge in [-0.25, -0.2) is 0 Å². The zero-order valence-corrected chi connectivity index (χ0v) is 19.6. The number of benzene rings is 2. The second-order valence-corrected chi connectivity index (χ2v) is 8.94. The van der Waals surface area contributed by atoms with Crippen LogP contribution in [0.5, 0.6) is 17.2 Å². The maximum Gasteiger partial charge on any atom is 0.227 e. The number of rotatable bonds is 6. The average molecular weight is 464 g/mol. The molecule has 0 radical (unpaired) electrons. The van der Waals surface area contributed by atoms with E-state index in [-0.39, 0.29) is 18.4 Å². The van der Waals surface area contributed by atoms with Crippen molar-refractivity contribution in [2.24, 2.45) is 0 Å². The summed E-state index contributed by atoms with van der Waals surface area (Å²) in [6.45, 7) is 0.632. The molecule has 0 fully saturated rings. The van der Waals surface area contributed by atoms with Crippen LogP contribution in [0.15, 0.2) is 58.5 Å². The molecule has 2 aromatic heterocycles. The first-order valence-corrected chi connectivity index (χ1v) is 11.6. The van der Waals surface area contributed by atoms with Gasteiger partial charge in [-0.3, -0.25) is 4.79 Å². The van der Waals surface area contributed by atoms with Gasteiger partial charge in [-0.05, 0) is 53.3 Å². The van der Waals surface area contributed by atoms with E-state index in [1.165, 1.54) is 5.56 Å². The fourth-order valence-electron chi connectivity index (χ4n) is 4.56. The van der Waals surface area contributed by atoms with Gasteiger partial charge >= 0.3 is 0 Å². The Morgan fingerprint density at radius 2 is 1.91 bits per heavy atom. The minimum absolute atomic E-state index is 0.0624. The molecule has 0 saturated carbocycles. The molecule has 7 heteroatoms. The van der Waals surface area contributed by atoms with E-state index in [4.69, 9.17) is 18.6 Å². The largest absolute Gasteiger partial charge is 0.497 e. The molecule has 1 aliphatic rings. The van der Waals surface area contributed by atoms with Gasteiger partial charge < -0.3 is 23.5 Å². The van der Waals surface area contributed by atoms with Gasteiger partial charge in [0.15, 0.2) is 11.5 Å². The van der Waals surface area contributed by atoms with Crippen molar-refractivity contribution >= 4 is 28.2 Å². The minimum Gasteiger partial charge on any atom is -0.497 e. The first kappa shape index (κ1) is 21.4. The lowest BCUT2D eigenvalue weighted by atomic mass is 9.90. The number of amides is 1. The third kappa shape index (κ3) is 3.82. The molecule has 1 aliphatic heterocycles. The first-order valence-electron chi connectivity index (χ1n) is 10.7. The molecule has 1 amide bonds. The molecule has 0 bridgehead atoms. The molecule has 0 saturated heterocycles. The van der Waals surface area contributed by atoms with Gasteiger partial charge in [0, 0.05) is 28.4 Å². The molecule has 2 aromatic carbocycles. The Morgan fingerprint density at radius 1 is 1.09 bits per heavy atom. The molecular formula is C26H25NO5S. The SMILES string of the molecule is COc1ccc2c(CC(=O)N3CCc4cc(OC)c(OC)cc4C3c3cccs3)coc2c1. The van der Waals surface area contributed by atoms with Crippen molar-refractivity contribution in [1.29, 1.82) is 0 Å². The average Bonchev–Trinajstić information content (AvgIpc) is 3.52. The molecule has 0 spiro atoms. The number of ether oxygens (including phenoxy) is 3. The summed E-state index contributed by atoms with van der Waals surface area (Å²) in [7, 11) is 4.90. The summed E-state index contributed by atoms with van der Waals surface area (Å²) in [5, 5.41) is 2.98. The second-order valence-electron chi connectivity index (χ2n) is 7.96. The zero-order chi connectivity index (χ0) is 22.9. The summed E-state index contributed by atoms with van der Waals surface area (Å²) < 4.78 is 22.1. The van der Waals surface area contributed by atoms with Crippen LogP contribution in [0.25, 0.3) is 11.0 Å². The molecule has 33 heavy (non-hydrogen) atoms. The van der Waals surface area contributed by atoms with Crippen molar-refractivity contribution in [3.8, 4) is 17.2 Å². The summed E-state index contributed by atoms with van der Waals surface area (Å²) in [5.74, 6) is 2.17. The van der Waals surface area contributed by atoms with Gasteiger partial charge in [0.1, 0.15) is 11.3 Å². The Morgan fingerprint density at radius 3 is 2.64 bits per heavy atom. The van der Waals surface area contributed by atoms with Gasteiger partial charge in [0.2, 0.25) is 5.91 Å². The van der Waals surface area contributed by atoms with Gasteiger partial charge in [-0.2, -0.15) is 0 Å². The fraction of sp³-hybridized carbons (Fsp3) is 0.269. The number of thiophene rings is 1. The lowest BCUT2D eigenvalue weighted by molar-refractivity contribution is -0.132. The Kier molecular flexibility index (Phi) is 5.72. The monoisotopic (exact) mass is 463 g/mol. The van der Waals surface area contributed by atoms with Gasteiger partial charge in [-0.1, -0.05) is 6.07 Å². The Bertz CT molecular complexity index is 1290. The highest BCUT2D eigenvalue weighted by Crippen LogP contribution is 2.42. The van der Waals surface area contributed by atoms with Gasteiger partial charge in [0.05, 0.1) is 40.1 Å². The van der Waals surface area contributed by atoms with E-state index in [0.29, 0.717) is 23.6 Å². The third-order valence-corrected chi connectivity index (χ3v) is 7.14. The topological polar surface area (TPSA) is 61.1 Å². The standard InChI is InChI=1S/C26H25NO5S/c1-29-18-6-7-19-17(15-32-21(19)13-18)12-25(28)27-9-8-16-11-22(30-2)23(31-3)14-20(16)26(27)24-5-4-10-33-24/h4-7,10-11,13-15,26H,8-9,12H2,1-3H3. The van der Waals surface area contributed by atoms with Crippen LogP contribution in [0.2, 0.25) is 0 Å². The van der Waals surface area contributed by atoms with E-state index < -0.39 is 0 Å². The number of carbonyl (C=O) groups excluding carboxylic acids is 1. The normalized spacial score (nSPS) is 15.4. The van der Waals surface area contributed by atoms with E-state index in [2.05, 4.69) is 6.07 Å². The van der Waals surface area contributed by atoms with E-state index >= 15 is 0 Å². The summed E-state index contributed by atoms with van der Waals surface area (Å²) >= 11 is 1.65. The fourth-order valence-corrected chi connectivity index (χ4v) is 5.41. The van der Waals surface area contributed by atoms with E-state index in [9.17, 15) is 4.79 Å². The van der Waals surface area contributed by atoms with E-state index in [0.717, 1.165) is 33.6 Å². The predicted octanol–water partition coefficient (Wildman–Crippen LogP) is 5.24. The van der Waals surface area contributed by atoms with Crippen LogP contribution in [-0.4, -0.2) is 38.7 Å². The maximum absolute atomic E-state index is 13.6. The molecule has 5 rings (SSSR count). The third-order valence-electron chi connectivity index (χ3n) is 6.21. The molecule has 3 heterocycles. The van der Waals surface area contributed by atoms with Crippen molar-refractivity contribution in [3.63, 3.8) is 0 Å².